The first-order valence-corrected chi connectivity index (χ1v) is 11.3. The summed E-state index contributed by atoms with van der Waals surface area (Å²) >= 11 is 6.36. The third-order valence-corrected chi connectivity index (χ3v) is 6.44. The number of benzene rings is 1. The second-order valence-electron chi connectivity index (χ2n) is 9.68. The van der Waals surface area contributed by atoms with Gasteiger partial charge in [-0.15, -0.1) is 0 Å². The molecule has 2 aliphatic rings. The Morgan fingerprint density at radius 3 is 2.36 bits per heavy atom. The summed E-state index contributed by atoms with van der Waals surface area (Å²) in [4.78, 5) is 28.5. The number of halogens is 4. The Kier molecular flexibility index (Phi) is 6.97. The summed E-state index contributed by atoms with van der Waals surface area (Å²) in [6, 6.07) is 3.17. The molecule has 33 heavy (non-hydrogen) atoms. The van der Waals surface area contributed by atoms with Crippen molar-refractivity contribution in [3.05, 3.63) is 33.8 Å². The number of nitrogens with zero attached hydrogens (tertiary/aromatic N) is 2. The number of likely N-dealkylation sites (tertiary alicyclic amines) is 1. The predicted octanol–water partition coefficient (Wildman–Crippen LogP) is 5.26. The van der Waals surface area contributed by atoms with Gasteiger partial charge in [0.25, 0.3) is 5.91 Å². The van der Waals surface area contributed by atoms with E-state index in [2.05, 4.69) is 4.74 Å². The van der Waals surface area contributed by atoms with Crippen LogP contribution in [0.5, 0.6) is 0 Å². The van der Waals surface area contributed by atoms with Gasteiger partial charge in [-0.25, -0.2) is 4.79 Å². The maximum Gasteiger partial charge on any atom is 0.426 e. The fourth-order valence-corrected chi connectivity index (χ4v) is 4.63. The molecular formula is C23H30ClF3N2O4. The maximum atomic E-state index is 13.6. The van der Waals surface area contributed by atoms with Gasteiger partial charge in [0.2, 0.25) is 5.60 Å². The van der Waals surface area contributed by atoms with Gasteiger partial charge >= 0.3 is 12.3 Å². The van der Waals surface area contributed by atoms with Gasteiger partial charge in [0.05, 0.1) is 6.04 Å². The van der Waals surface area contributed by atoms with E-state index < -0.39 is 29.4 Å². The van der Waals surface area contributed by atoms with Crippen LogP contribution in [0.25, 0.3) is 0 Å². The number of amides is 2. The Balaban J connectivity index is 1.95. The molecule has 0 radical (unpaired) electrons. The SMILES string of the molecule is COC(C)(C(=O)N1CCc2cc(Cl)cc([C@@H]3CCCN3C(=O)OC(C)(C)C)c2C1)C(F)(F)F. The zero-order chi connectivity index (χ0) is 24.8. The van der Waals surface area contributed by atoms with Crippen molar-refractivity contribution in [1.82, 2.24) is 9.80 Å². The monoisotopic (exact) mass is 490 g/mol. The molecule has 2 atom stereocenters. The summed E-state index contributed by atoms with van der Waals surface area (Å²) in [5.74, 6) is -1.14. The smallest absolute Gasteiger partial charge is 0.426 e. The van der Waals surface area contributed by atoms with Gasteiger partial charge < -0.3 is 19.3 Å². The molecule has 184 valence electrons. The van der Waals surface area contributed by atoms with Crippen LogP contribution in [0.1, 0.15) is 63.3 Å². The van der Waals surface area contributed by atoms with Crippen LogP contribution in [0.15, 0.2) is 12.1 Å². The second-order valence-corrected chi connectivity index (χ2v) is 10.1. The number of hydrogen-bond acceptors (Lipinski definition) is 4. The molecule has 6 nitrogen and oxygen atoms in total. The minimum absolute atomic E-state index is 0.0195. The zero-order valence-electron chi connectivity index (χ0n) is 19.5. The van der Waals surface area contributed by atoms with Crippen LogP contribution in [0.2, 0.25) is 5.02 Å². The van der Waals surface area contributed by atoms with Crippen LogP contribution >= 0.6 is 11.6 Å². The van der Waals surface area contributed by atoms with E-state index in [9.17, 15) is 22.8 Å². The Hall–Kier alpha value is -2.00. The van der Waals surface area contributed by atoms with E-state index >= 15 is 0 Å². The quantitative estimate of drug-likeness (QED) is 0.579. The molecule has 2 amide bonds. The Morgan fingerprint density at radius 2 is 1.79 bits per heavy atom. The third kappa shape index (κ3) is 5.09. The number of carbonyl (C=O) groups excluding carboxylic acids is 2. The van der Waals surface area contributed by atoms with Crippen LogP contribution < -0.4 is 0 Å². The van der Waals surface area contributed by atoms with E-state index in [0.717, 1.165) is 37.1 Å². The second kappa shape index (κ2) is 8.98. The van der Waals surface area contributed by atoms with Crippen molar-refractivity contribution in [2.75, 3.05) is 20.2 Å². The third-order valence-electron chi connectivity index (χ3n) is 6.23. The first-order valence-electron chi connectivity index (χ1n) is 10.9. The van der Waals surface area contributed by atoms with Gasteiger partial charge in [-0.2, -0.15) is 13.2 Å². The summed E-state index contributed by atoms with van der Waals surface area (Å²) in [5, 5.41) is 0.483. The van der Waals surface area contributed by atoms with Gasteiger partial charge in [-0.3, -0.25) is 4.79 Å². The van der Waals surface area contributed by atoms with Crippen LogP contribution in [0.3, 0.4) is 0 Å². The van der Waals surface area contributed by atoms with E-state index in [1.54, 1.807) is 37.8 Å². The maximum absolute atomic E-state index is 13.6. The molecule has 0 N–H and O–H groups in total. The van der Waals surface area contributed by atoms with Crippen molar-refractivity contribution >= 4 is 23.6 Å². The van der Waals surface area contributed by atoms with Crippen molar-refractivity contribution in [2.24, 2.45) is 0 Å². The van der Waals surface area contributed by atoms with Crippen molar-refractivity contribution in [1.29, 1.82) is 0 Å². The molecule has 1 saturated heterocycles. The van der Waals surface area contributed by atoms with E-state index in [-0.39, 0.29) is 19.1 Å². The zero-order valence-corrected chi connectivity index (χ0v) is 20.3. The Morgan fingerprint density at radius 1 is 1.12 bits per heavy atom. The van der Waals surface area contributed by atoms with Gasteiger partial charge in [-0.05, 0) is 75.8 Å². The summed E-state index contributed by atoms with van der Waals surface area (Å²) in [6.45, 7) is 6.69. The van der Waals surface area contributed by atoms with Crippen LogP contribution in [0, 0.1) is 0 Å². The molecule has 0 bridgehead atoms. The summed E-state index contributed by atoms with van der Waals surface area (Å²) in [7, 11) is 0.881. The highest BCUT2D eigenvalue weighted by atomic mass is 35.5. The number of methoxy groups -OCH3 is 1. The summed E-state index contributed by atoms with van der Waals surface area (Å²) in [5.41, 5.74) is -1.27. The van der Waals surface area contributed by atoms with Gasteiger partial charge in [0.1, 0.15) is 5.60 Å². The molecule has 2 aliphatic heterocycles. The average Bonchev–Trinajstić information content (AvgIpc) is 3.19. The first-order chi connectivity index (χ1) is 15.2. The molecule has 0 saturated carbocycles. The van der Waals surface area contributed by atoms with Crippen molar-refractivity contribution in [3.8, 4) is 0 Å². The topological polar surface area (TPSA) is 59.1 Å². The van der Waals surface area contributed by atoms with Crippen LogP contribution in [0.4, 0.5) is 18.0 Å². The molecule has 0 spiro atoms. The minimum Gasteiger partial charge on any atom is -0.444 e. The summed E-state index contributed by atoms with van der Waals surface area (Å²) in [6.07, 6.45) is -3.54. The molecule has 1 unspecified atom stereocenters. The lowest BCUT2D eigenvalue weighted by atomic mass is 9.89. The van der Waals surface area contributed by atoms with E-state index in [1.165, 1.54) is 4.90 Å². The van der Waals surface area contributed by atoms with E-state index in [0.29, 0.717) is 24.4 Å². The van der Waals surface area contributed by atoms with Crippen LogP contribution in [-0.4, -0.2) is 59.4 Å². The molecule has 1 aromatic carbocycles. The Labute approximate surface area is 196 Å². The van der Waals surface area contributed by atoms with Crippen molar-refractivity contribution < 1.29 is 32.2 Å². The van der Waals surface area contributed by atoms with Gasteiger partial charge in [0, 0.05) is 31.8 Å². The standard InChI is InChI=1S/C23H30ClF3N2O4/c1-21(2,3)33-20(31)29-9-6-7-18(29)16-12-15(24)11-14-8-10-28(13-17(14)16)19(30)22(4,32-5)23(25,26)27/h11-12,18H,6-10,13H2,1-5H3/t18-,22?/m0/s1. The fourth-order valence-electron chi connectivity index (χ4n) is 4.38. The number of hydrogen-bond donors (Lipinski definition) is 0. The fraction of sp³-hybridized carbons (Fsp3) is 0.652. The average molecular weight is 491 g/mol. The lowest BCUT2D eigenvalue weighted by Crippen LogP contribution is -2.58. The van der Waals surface area contributed by atoms with E-state index in [4.69, 9.17) is 16.3 Å². The molecule has 1 fully saturated rings. The van der Waals surface area contributed by atoms with Crippen molar-refractivity contribution in [2.45, 2.75) is 76.9 Å². The molecule has 3 rings (SSSR count). The number of carbonyl (C=O) groups is 2. The molecule has 1 aromatic rings. The highest BCUT2D eigenvalue weighted by Crippen LogP contribution is 2.41. The minimum atomic E-state index is -4.86. The normalized spacial score (nSPS) is 20.9. The van der Waals surface area contributed by atoms with E-state index in [1.807, 2.05) is 0 Å². The molecular weight excluding hydrogens is 461 g/mol. The number of ether oxygens (including phenoxy) is 2. The number of fused-ring (bicyclic) bond motifs is 1. The predicted molar refractivity (Wildman–Crippen MR) is 117 cm³/mol. The first kappa shape index (κ1) is 25.6. The van der Waals surface area contributed by atoms with Gasteiger partial charge in [0.15, 0.2) is 0 Å². The molecule has 0 aliphatic carbocycles. The molecule has 2 heterocycles. The molecule has 10 heteroatoms. The summed E-state index contributed by atoms with van der Waals surface area (Å²) < 4.78 is 51.0. The lowest BCUT2D eigenvalue weighted by Gasteiger charge is -2.38. The van der Waals surface area contributed by atoms with Crippen LogP contribution in [-0.2, 0) is 27.2 Å². The number of rotatable bonds is 3. The number of alkyl halides is 3. The largest absolute Gasteiger partial charge is 0.444 e. The molecule has 0 aromatic heterocycles. The Bertz CT molecular complexity index is 932. The highest BCUT2D eigenvalue weighted by Gasteiger charge is 2.59. The van der Waals surface area contributed by atoms with Gasteiger partial charge in [-0.1, -0.05) is 11.6 Å². The lowest BCUT2D eigenvalue weighted by molar-refractivity contribution is -0.258. The highest BCUT2D eigenvalue weighted by molar-refractivity contribution is 6.30. The van der Waals surface area contributed by atoms with Crippen molar-refractivity contribution in [3.63, 3.8) is 0 Å².